The molecule has 3 atom stereocenters. The predicted octanol–water partition coefficient (Wildman–Crippen LogP) is 2.49. The Morgan fingerprint density at radius 2 is 2.04 bits per heavy atom. The molecule has 0 saturated heterocycles. The van der Waals surface area contributed by atoms with E-state index in [1.165, 1.54) is 0 Å². The summed E-state index contributed by atoms with van der Waals surface area (Å²) in [5.41, 5.74) is 0.329. The van der Waals surface area contributed by atoms with Gasteiger partial charge in [0.2, 0.25) is 5.60 Å². The molecule has 27 heavy (non-hydrogen) atoms. The largest absolute Gasteiger partial charge is 0.598 e. The lowest BCUT2D eigenvalue weighted by molar-refractivity contribution is -0.263. The molecular weight excluding hydrogens is 407 g/mol. The van der Waals surface area contributed by atoms with Crippen molar-refractivity contribution >= 4 is 23.0 Å². The van der Waals surface area contributed by atoms with E-state index in [-0.39, 0.29) is 23.1 Å². The SMILES string of the molecule is CC[C@@]1(N[S+]([O-])C(C)(C)C)COc2c1cc([C@@](O)(CN)C(F)(F)F)nc2Cl. The molecule has 154 valence electrons. The molecule has 0 aromatic carbocycles. The standard InChI is InChI=1S/C16H23ClF3N3O3S/c1-5-14(23-27(25)13(2,3)4)8-26-11-9(14)6-10(22-12(11)17)15(24,7-21)16(18,19)20/h6,23-24H,5,7-8,21H2,1-4H3/t14-,15+,27?/m1/s1. The zero-order valence-electron chi connectivity index (χ0n) is 15.4. The second-order valence-electron chi connectivity index (χ2n) is 7.44. The lowest BCUT2D eigenvalue weighted by Crippen LogP contribution is -2.52. The molecule has 11 heteroatoms. The van der Waals surface area contributed by atoms with Gasteiger partial charge in [-0.2, -0.15) is 13.2 Å². The topological polar surface area (TPSA) is 103 Å². The number of hydrogen-bond donors (Lipinski definition) is 3. The molecule has 2 heterocycles. The van der Waals surface area contributed by atoms with Crippen molar-refractivity contribution in [3.63, 3.8) is 0 Å². The Hall–Kier alpha value is -0.780. The maximum absolute atomic E-state index is 13.4. The number of alkyl halides is 3. The lowest BCUT2D eigenvalue weighted by atomic mass is 9.88. The molecule has 0 spiro atoms. The molecule has 1 aliphatic heterocycles. The Morgan fingerprint density at radius 3 is 2.48 bits per heavy atom. The first kappa shape index (κ1) is 22.5. The molecule has 0 saturated carbocycles. The van der Waals surface area contributed by atoms with Gasteiger partial charge in [-0.1, -0.05) is 18.5 Å². The normalized spacial score (nSPS) is 23.5. The minimum absolute atomic E-state index is 0.0125. The van der Waals surface area contributed by atoms with Crippen molar-refractivity contribution in [3.05, 3.63) is 22.5 Å². The minimum Gasteiger partial charge on any atom is -0.598 e. The highest BCUT2D eigenvalue weighted by atomic mass is 35.5. The van der Waals surface area contributed by atoms with Crippen LogP contribution in [0.3, 0.4) is 0 Å². The summed E-state index contributed by atoms with van der Waals surface area (Å²) in [6.07, 6.45) is -4.70. The molecule has 1 unspecified atom stereocenters. The van der Waals surface area contributed by atoms with Gasteiger partial charge in [-0.05, 0) is 33.3 Å². The number of aromatic nitrogens is 1. The maximum atomic E-state index is 13.4. The highest BCUT2D eigenvalue weighted by Crippen LogP contribution is 2.47. The van der Waals surface area contributed by atoms with E-state index >= 15 is 0 Å². The van der Waals surface area contributed by atoms with Gasteiger partial charge in [0.25, 0.3) is 0 Å². The summed E-state index contributed by atoms with van der Waals surface area (Å²) in [5.74, 6) is 0.0993. The van der Waals surface area contributed by atoms with E-state index in [9.17, 15) is 22.8 Å². The summed E-state index contributed by atoms with van der Waals surface area (Å²) in [6, 6.07) is 1.07. The zero-order valence-corrected chi connectivity index (χ0v) is 17.0. The van der Waals surface area contributed by atoms with E-state index in [0.717, 1.165) is 6.07 Å². The Kier molecular flexibility index (Phi) is 6.03. The molecule has 0 aliphatic carbocycles. The van der Waals surface area contributed by atoms with Crippen LogP contribution in [0.25, 0.3) is 0 Å². The number of rotatable bonds is 5. The van der Waals surface area contributed by atoms with Crippen LogP contribution in [0.4, 0.5) is 13.2 Å². The van der Waals surface area contributed by atoms with Crippen LogP contribution in [-0.4, -0.2) is 38.7 Å². The van der Waals surface area contributed by atoms with Crippen molar-refractivity contribution in [1.82, 2.24) is 9.71 Å². The van der Waals surface area contributed by atoms with Crippen LogP contribution in [0.1, 0.15) is 45.4 Å². The first-order valence-electron chi connectivity index (χ1n) is 8.25. The van der Waals surface area contributed by atoms with Gasteiger partial charge in [0, 0.05) is 23.5 Å². The molecule has 6 nitrogen and oxygen atoms in total. The van der Waals surface area contributed by atoms with Crippen LogP contribution in [0.5, 0.6) is 5.75 Å². The second-order valence-corrected chi connectivity index (χ2v) is 9.77. The molecule has 2 rings (SSSR count). The Balaban J connectivity index is 2.61. The third kappa shape index (κ3) is 3.88. The van der Waals surface area contributed by atoms with Gasteiger partial charge in [0.15, 0.2) is 10.9 Å². The molecule has 0 fully saturated rings. The number of hydrogen-bond acceptors (Lipinski definition) is 6. The van der Waals surface area contributed by atoms with E-state index in [4.69, 9.17) is 22.1 Å². The van der Waals surface area contributed by atoms with Gasteiger partial charge < -0.3 is 20.1 Å². The molecule has 0 bridgehead atoms. The number of nitrogens with two attached hydrogens (primary N) is 1. The number of ether oxygens (including phenoxy) is 1. The third-order valence-electron chi connectivity index (χ3n) is 4.55. The summed E-state index contributed by atoms with van der Waals surface area (Å²) < 4.78 is 60.7. The van der Waals surface area contributed by atoms with Gasteiger partial charge in [0.05, 0.1) is 5.69 Å². The average molecular weight is 430 g/mol. The zero-order chi connectivity index (χ0) is 20.8. The van der Waals surface area contributed by atoms with Crippen molar-refractivity contribution in [3.8, 4) is 5.75 Å². The van der Waals surface area contributed by atoms with E-state index in [2.05, 4.69) is 9.71 Å². The molecule has 4 N–H and O–H groups in total. The van der Waals surface area contributed by atoms with Crippen LogP contribution in [0, 0.1) is 0 Å². The van der Waals surface area contributed by atoms with Crippen LogP contribution in [-0.2, 0) is 22.5 Å². The molecule has 1 aromatic rings. The third-order valence-corrected chi connectivity index (χ3v) is 6.49. The number of pyridine rings is 1. The predicted molar refractivity (Wildman–Crippen MR) is 96.7 cm³/mol. The summed E-state index contributed by atoms with van der Waals surface area (Å²) in [6.45, 7) is 5.95. The molecule has 1 aromatic heterocycles. The van der Waals surface area contributed by atoms with Crippen molar-refractivity contribution in [2.45, 2.75) is 56.2 Å². The Morgan fingerprint density at radius 1 is 1.44 bits per heavy atom. The average Bonchev–Trinajstić information content (AvgIpc) is 2.91. The Bertz CT molecular complexity index is 717. The smallest absolute Gasteiger partial charge is 0.424 e. The van der Waals surface area contributed by atoms with Crippen LogP contribution in [0.2, 0.25) is 5.15 Å². The summed E-state index contributed by atoms with van der Waals surface area (Å²) in [5, 5.41) is 9.82. The fourth-order valence-corrected chi connectivity index (χ4v) is 3.85. The number of aliphatic hydroxyl groups is 1. The van der Waals surface area contributed by atoms with E-state index < -0.39 is 45.7 Å². The van der Waals surface area contributed by atoms with Gasteiger partial charge >= 0.3 is 6.18 Å². The molecule has 0 amide bonds. The molecular formula is C16H23ClF3N3O3S. The van der Waals surface area contributed by atoms with E-state index in [1.807, 2.05) is 0 Å². The summed E-state index contributed by atoms with van der Waals surface area (Å²) in [7, 11) is 0. The number of nitrogens with one attached hydrogen (secondary N) is 1. The van der Waals surface area contributed by atoms with Crippen molar-refractivity contribution < 1.29 is 27.6 Å². The lowest BCUT2D eigenvalue weighted by Gasteiger charge is -2.34. The quantitative estimate of drug-likeness (QED) is 0.491. The van der Waals surface area contributed by atoms with Crippen molar-refractivity contribution in [1.29, 1.82) is 0 Å². The van der Waals surface area contributed by atoms with E-state index in [0.29, 0.717) is 6.42 Å². The molecule has 0 radical (unpaired) electrons. The van der Waals surface area contributed by atoms with Crippen molar-refractivity contribution in [2.24, 2.45) is 5.73 Å². The maximum Gasteiger partial charge on any atom is 0.424 e. The van der Waals surface area contributed by atoms with Crippen LogP contribution < -0.4 is 15.2 Å². The summed E-state index contributed by atoms with van der Waals surface area (Å²) in [4.78, 5) is 3.67. The first-order valence-corrected chi connectivity index (χ1v) is 9.78. The van der Waals surface area contributed by atoms with Gasteiger partial charge in [-0.15, -0.1) is 4.72 Å². The van der Waals surface area contributed by atoms with Gasteiger partial charge in [-0.3, -0.25) is 0 Å². The van der Waals surface area contributed by atoms with E-state index in [1.54, 1.807) is 27.7 Å². The minimum atomic E-state index is -5.05. The first-order chi connectivity index (χ1) is 12.2. The highest BCUT2D eigenvalue weighted by Gasteiger charge is 2.57. The second kappa shape index (κ2) is 7.23. The summed E-state index contributed by atoms with van der Waals surface area (Å²) >= 11 is 4.51. The number of halogens is 4. The number of fused-ring (bicyclic) bond motifs is 1. The highest BCUT2D eigenvalue weighted by molar-refractivity contribution is 7.90. The fourth-order valence-electron chi connectivity index (χ4n) is 2.63. The van der Waals surface area contributed by atoms with Crippen LogP contribution in [0.15, 0.2) is 6.07 Å². The Labute approximate surface area is 163 Å². The van der Waals surface area contributed by atoms with Gasteiger partial charge in [-0.25, -0.2) is 4.98 Å². The van der Waals surface area contributed by atoms with Crippen LogP contribution >= 0.6 is 11.6 Å². The number of nitrogens with zero attached hydrogens (tertiary/aromatic N) is 1. The molecule has 1 aliphatic rings. The van der Waals surface area contributed by atoms with Crippen molar-refractivity contribution in [2.75, 3.05) is 13.2 Å². The van der Waals surface area contributed by atoms with Gasteiger partial charge in [0.1, 0.15) is 16.9 Å². The monoisotopic (exact) mass is 429 g/mol. The fraction of sp³-hybridized carbons (Fsp3) is 0.688.